The van der Waals surface area contributed by atoms with E-state index in [1.807, 2.05) is 12.1 Å². The zero-order valence-electron chi connectivity index (χ0n) is 5.55. The highest BCUT2D eigenvalue weighted by molar-refractivity contribution is 6.17. The fourth-order valence-corrected chi connectivity index (χ4v) is 0.889. The second-order valence-corrected chi connectivity index (χ2v) is 2.26. The van der Waals surface area contributed by atoms with E-state index in [4.69, 9.17) is 17.3 Å². The van der Waals surface area contributed by atoms with E-state index >= 15 is 0 Å². The van der Waals surface area contributed by atoms with E-state index in [1.54, 1.807) is 6.20 Å². The van der Waals surface area contributed by atoms with Crippen LogP contribution in [0.15, 0.2) is 18.3 Å². The average Bonchev–Trinajstić information content (AvgIpc) is 2.05. The minimum absolute atomic E-state index is 0.477. The summed E-state index contributed by atoms with van der Waals surface area (Å²) < 4.78 is 0. The maximum Gasteiger partial charge on any atom is 0.0542 e. The van der Waals surface area contributed by atoms with E-state index in [1.165, 1.54) is 0 Å². The summed E-state index contributed by atoms with van der Waals surface area (Å²) in [4.78, 5) is 4.02. The molecule has 2 N–H and O–H groups in total. The first-order chi connectivity index (χ1) is 4.86. The molecule has 10 heavy (non-hydrogen) atoms. The first kappa shape index (κ1) is 7.51. The third-order valence-electron chi connectivity index (χ3n) is 1.24. The number of aromatic nitrogens is 1. The molecule has 1 aromatic rings. The molecule has 1 heterocycles. The predicted octanol–water partition coefficient (Wildman–Crippen LogP) is 1.28. The zero-order chi connectivity index (χ0) is 7.40. The van der Waals surface area contributed by atoms with Gasteiger partial charge in [0.15, 0.2) is 0 Å². The fourth-order valence-electron chi connectivity index (χ4n) is 0.723. The molecule has 1 rings (SSSR count). The van der Waals surface area contributed by atoms with Crippen molar-refractivity contribution in [3.8, 4) is 0 Å². The van der Waals surface area contributed by atoms with Crippen molar-refractivity contribution in [1.29, 1.82) is 0 Å². The minimum Gasteiger partial charge on any atom is -0.325 e. The summed E-state index contributed by atoms with van der Waals surface area (Å²) in [7, 11) is 0. The first-order valence-electron chi connectivity index (χ1n) is 3.06. The van der Waals surface area contributed by atoms with E-state index in [2.05, 4.69) is 4.98 Å². The largest absolute Gasteiger partial charge is 0.325 e. The van der Waals surface area contributed by atoms with Crippen LogP contribution in [0.25, 0.3) is 0 Å². The summed E-state index contributed by atoms with van der Waals surface area (Å²) in [6.45, 7) is 0.477. The summed E-state index contributed by atoms with van der Waals surface area (Å²) in [6.07, 6.45) is 1.72. The van der Waals surface area contributed by atoms with E-state index in [0.717, 1.165) is 11.3 Å². The van der Waals surface area contributed by atoms with Crippen LogP contribution in [-0.2, 0) is 12.4 Å². The molecule has 0 aromatic carbocycles. The molecule has 54 valence electrons. The van der Waals surface area contributed by atoms with Crippen LogP contribution in [0.5, 0.6) is 0 Å². The Bertz CT molecular complexity index is 193. The van der Waals surface area contributed by atoms with Gasteiger partial charge in [-0.3, -0.25) is 4.98 Å². The van der Waals surface area contributed by atoms with Crippen LogP contribution in [-0.4, -0.2) is 4.98 Å². The third kappa shape index (κ3) is 1.69. The quantitative estimate of drug-likeness (QED) is 0.656. The smallest absolute Gasteiger partial charge is 0.0542 e. The molecule has 0 radical (unpaired) electrons. The topological polar surface area (TPSA) is 38.9 Å². The number of nitrogens with two attached hydrogens (primary N) is 1. The van der Waals surface area contributed by atoms with Crippen LogP contribution >= 0.6 is 11.6 Å². The maximum absolute atomic E-state index is 5.59. The van der Waals surface area contributed by atoms with E-state index in [0.29, 0.717) is 12.4 Å². The van der Waals surface area contributed by atoms with Crippen LogP contribution in [0, 0.1) is 0 Å². The highest BCUT2D eigenvalue weighted by atomic mass is 35.5. The highest BCUT2D eigenvalue weighted by Crippen LogP contribution is 2.03. The number of halogens is 1. The van der Waals surface area contributed by atoms with E-state index in [-0.39, 0.29) is 0 Å². The van der Waals surface area contributed by atoms with Crippen LogP contribution in [0.4, 0.5) is 0 Å². The van der Waals surface area contributed by atoms with Gasteiger partial charge in [-0.1, -0.05) is 0 Å². The lowest BCUT2D eigenvalue weighted by Crippen LogP contribution is -1.99. The van der Waals surface area contributed by atoms with E-state index < -0.39 is 0 Å². The van der Waals surface area contributed by atoms with Gasteiger partial charge in [-0.15, -0.1) is 11.6 Å². The number of pyridine rings is 1. The van der Waals surface area contributed by atoms with Gasteiger partial charge in [0, 0.05) is 18.6 Å². The van der Waals surface area contributed by atoms with Crippen LogP contribution in [0.2, 0.25) is 0 Å². The Kier molecular flexibility index (Phi) is 2.66. The van der Waals surface area contributed by atoms with Crippen molar-refractivity contribution in [2.45, 2.75) is 12.4 Å². The first-order valence-corrected chi connectivity index (χ1v) is 3.60. The molecule has 0 atom stereocenters. The predicted molar refractivity (Wildman–Crippen MR) is 41.7 cm³/mol. The maximum atomic E-state index is 5.59. The van der Waals surface area contributed by atoms with Gasteiger partial charge < -0.3 is 5.73 Å². The Morgan fingerprint density at radius 3 is 3.00 bits per heavy atom. The summed E-state index contributed by atoms with van der Waals surface area (Å²) in [5, 5.41) is 0. The molecule has 0 bridgehead atoms. The monoisotopic (exact) mass is 156 g/mol. The molecule has 0 aliphatic heterocycles. The average molecular weight is 157 g/mol. The van der Waals surface area contributed by atoms with Gasteiger partial charge in [-0.2, -0.15) is 0 Å². The summed E-state index contributed by atoms with van der Waals surface area (Å²) in [5.74, 6) is 0.523. The molecule has 0 saturated carbocycles. The molecule has 1 aromatic heterocycles. The minimum atomic E-state index is 0.477. The van der Waals surface area contributed by atoms with Crippen molar-refractivity contribution < 1.29 is 0 Å². The van der Waals surface area contributed by atoms with Gasteiger partial charge in [0.25, 0.3) is 0 Å². The Morgan fingerprint density at radius 1 is 1.60 bits per heavy atom. The molecule has 2 nitrogen and oxygen atoms in total. The molecule has 0 amide bonds. The van der Waals surface area contributed by atoms with Crippen molar-refractivity contribution in [1.82, 2.24) is 4.98 Å². The van der Waals surface area contributed by atoms with Crippen LogP contribution in [0.3, 0.4) is 0 Å². The lowest BCUT2D eigenvalue weighted by atomic mass is 10.2. The SMILES string of the molecule is NCc1cc(CCl)ccn1. The Morgan fingerprint density at radius 2 is 2.40 bits per heavy atom. The van der Waals surface area contributed by atoms with Gasteiger partial charge in [0.05, 0.1) is 5.69 Å². The standard InChI is InChI=1S/C7H9ClN2/c8-4-6-1-2-10-7(3-6)5-9/h1-3H,4-5,9H2. The van der Waals surface area contributed by atoms with Gasteiger partial charge in [-0.05, 0) is 17.7 Å². The number of rotatable bonds is 2. The number of hydrogen-bond donors (Lipinski definition) is 1. The molecule has 0 aliphatic carbocycles. The number of nitrogens with zero attached hydrogens (tertiary/aromatic N) is 1. The normalized spacial score (nSPS) is 9.80. The highest BCUT2D eigenvalue weighted by Gasteiger charge is 1.92. The van der Waals surface area contributed by atoms with Gasteiger partial charge in [-0.25, -0.2) is 0 Å². The van der Waals surface area contributed by atoms with Crippen molar-refractivity contribution in [3.05, 3.63) is 29.6 Å². The Balaban J connectivity index is 2.87. The van der Waals surface area contributed by atoms with Crippen LogP contribution < -0.4 is 5.73 Å². The van der Waals surface area contributed by atoms with Crippen molar-refractivity contribution in [3.63, 3.8) is 0 Å². The second-order valence-electron chi connectivity index (χ2n) is 1.99. The molecule has 0 spiro atoms. The Hall–Kier alpha value is -0.600. The molecular formula is C7H9ClN2. The molecule has 0 aliphatic rings. The van der Waals surface area contributed by atoms with E-state index in [9.17, 15) is 0 Å². The molecular weight excluding hydrogens is 148 g/mol. The lowest BCUT2D eigenvalue weighted by molar-refractivity contribution is 0.983. The van der Waals surface area contributed by atoms with Gasteiger partial charge >= 0.3 is 0 Å². The lowest BCUT2D eigenvalue weighted by Gasteiger charge is -1.96. The zero-order valence-corrected chi connectivity index (χ0v) is 6.30. The number of hydrogen-bond acceptors (Lipinski definition) is 2. The van der Waals surface area contributed by atoms with Crippen molar-refractivity contribution >= 4 is 11.6 Å². The molecule has 0 unspecified atom stereocenters. The summed E-state index contributed by atoms with van der Waals surface area (Å²) in [6, 6.07) is 3.79. The summed E-state index contributed by atoms with van der Waals surface area (Å²) >= 11 is 5.59. The fraction of sp³-hybridized carbons (Fsp3) is 0.286. The second kappa shape index (κ2) is 3.54. The van der Waals surface area contributed by atoms with Gasteiger partial charge in [0.1, 0.15) is 0 Å². The third-order valence-corrected chi connectivity index (χ3v) is 1.55. The Labute approximate surface area is 65.0 Å². The molecule has 0 saturated heterocycles. The molecule has 3 heteroatoms. The van der Waals surface area contributed by atoms with Crippen molar-refractivity contribution in [2.24, 2.45) is 5.73 Å². The van der Waals surface area contributed by atoms with Crippen molar-refractivity contribution in [2.75, 3.05) is 0 Å². The number of alkyl halides is 1. The summed E-state index contributed by atoms with van der Waals surface area (Å²) in [5.41, 5.74) is 7.32. The van der Waals surface area contributed by atoms with Gasteiger partial charge in [0.2, 0.25) is 0 Å². The molecule has 0 fully saturated rings. The van der Waals surface area contributed by atoms with Crippen LogP contribution in [0.1, 0.15) is 11.3 Å².